The number of aliphatic carboxylic acids is 3. The van der Waals surface area contributed by atoms with Gasteiger partial charge in [-0.25, -0.2) is 4.68 Å². The Morgan fingerprint density at radius 2 is 1.23 bits per heavy atom. The van der Waals surface area contributed by atoms with Crippen LogP contribution in [0.5, 0.6) is 11.5 Å². The summed E-state index contributed by atoms with van der Waals surface area (Å²) in [5.41, 5.74) is 4.31. The predicted octanol–water partition coefficient (Wildman–Crippen LogP) is 1.50. The number of fused-ring (bicyclic) bond motifs is 3. The molecular formula is C58H79Cl2N11O19S. The first-order chi connectivity index (χ1) is 43.5. The minimum atomic E-state index is -4.77. The Balaban J connectivity index is 0.806. The third kappa shape index (κ3) is 22.5. The Bertz CT molecular complexity index is 3220. The molecule has 500 valence electrons. The molecule has 0 aliphatic carbocycles. The van der Waals surface area contributed by atoms with Gasteiger partial charge >= 0.3 is 17.9 Å². The Morgan fingerprint density at radius 1 is 0.692 bits per heavy atom. The SMILES string of the molecule is COc1cc2c(cc1-c1cncc(NCCOCCOCCOCCOCCNC(=O)[C@@H](CS(=O)(=O)O)NC(=O)CN3CCN(CC(=O)O)CCN(CC(=O)O)CCN(CC(=O)O)CC3)c1)-c1c(c(C(=O)N3CCOCC3(C)C)nn1-c1cc(Cl)cc(Cl)c1)CO2. The molecule has 3 aliphatic heterocycles. The van der Waals surface area contributed by atoms with Crippen molar-refractivity contribution in [3.63, 3.8) is 0 Å². The number of halogens is 2. The van der Waals surface area contributed by atoms with Crippen molar-refractivity contribution in [1.82, 2.24) is 49.9 Å². The largest absolute Gasteiger partial charge is 0.496 e. The molecule has 30 nitrogen and oxygen atoms in total. The number of carboxylic acids is 3. The van der Waals surface area contributed by atoms with Gasteiger partial charge in [-0.2, -0.15) is 13.5 Å². The molecule has 1 atom stereocenters. The summed E-state index contributed by atoms with van der Waals surface area (Å²) in [6.45, 7) is 6.91. The Morgan fingerprint density at radius 3 is 1.76 bits per heavy atom. The zero-order valence-electron chi connectivity index (χ0n) is 50.9. The lowest BCUT2D eigenvalue weighted by Crippen LogP contribution is -2.55. The van der Waals surface area contributed by atoms with Gasteiger partial charge in [0.1, 0.15) is 29.9 Å². The van der Waals surface area contributed by atoms with Crippen LogP contribution in [0.1, 0.15) is 29.9 Å². The summed E-state index contributed by atoms with van der Waals surface area (Å²) < 4.78 is 75.5. The van der Waals surface area contributed by atoms with Crippen molar-refractivity contribution >= 4 is 74.6 Å². The number of nitrogens with zero attached hydrogens (tertiary/aromatic N) is 8. The van der Waals surface area contributed by atoms with Crippen molar-refractivity contribution in [2.75, 3.05) is 182 Å². The molecule has 3 amide bonds. The van der Waals surface area contributed by atoms with Crippen molar-refractivity contribution in [3.8, 4) is 39.6 Å². The maximum Gasteiger partial charge on any atom is 0.317 e. The summed E-state index contributed by atoms with van der Waals surface area (Å²) in [6.07, 6.45) is 3.42. The van der Waals surface area contributed by atoms with E-state index >= 15 is 0 Å². The molecule has 7 N–H and O–H groups in total. The number of rotatable bonds is 32. The van der Waals surface area contributed by atoms with Crippen LogP contribution >= 0.6 is 23.2 Å². The number of ether oxygens (including phenoxy) is 7. The van der Waals surface area contributed by atoms with Gasteiger partial charge in [0.15, 0.2) is 5.69 Å². The first-order valence-electron chi connectivity index (χ1n) is 29.4. The number of pyridine rings is 1. The number of morpholine rings is 1. The second-order valence-electron chi connectivity index (χ2n) is 22.2. The van der Waals surface area contributed by atoms with E-state index < -0.39 is 63.7 Å². The van der Waals surface area contributed by atoms with E-state index in [9.17, 15) is 57.1 Å². The highest BCUT2D eigenvalue weighted by atomic mass is 35.5. The number of anilines is 1. The van der Waals surface area contributed by atoms with Gasteiger partial charge < -0.3 is 69.3 Å². The summed E-state index contributed by atoms with van der Waals surface area (Å²) in [5.74, 6) is -5.41. The number of hydrogen-bond acceptors (Lipinski definition) is 22. The maximum atomic E-state index is 14.4. The van der Waals surface area contributed by atoms with Crippen molar-refractivity contribution in [2.45, 2.75) is 32.0 Å². The van der Waals surface area contributed by atoms with E-state index in [-0.39, 0.29) is 130 Å². The lowest BCUT2D eigenvalue weighted by atomic mass is 9.95. The fourth-order valence-corrected chi connectivity index (χ4v) is 11.5. The maximum absolute atomic E-state index is 14.4. The van der Waals surface area contributed by atoms with Crippen LogP contribution in [0, 0.1) is 0 Å². The highest BCUT2D eigenvalue weighted by Gasteiger charge is 2.40. The fourth-order valence-electron chi connectivity index (χ4n) is 10.4. The molecule has 2 saturated heterocycles. The van der Waals surface area contributed by atoms with Crippen LogP contribution in [-0.2, 0) is 64.4 Å². The van der Waals surface area contributed by atoms with Crippen molar-refractivity contribution in [2.24, 2.45) is 0 Å². The van der Waals surface area contributed by atoms with Crippen molar-refractivity contribution in [1.29, 1.82) is 0 Å². The second-order valence-corrected chi connectivity index (χ2v) is 24.5. The minimum absolute atomic E-state index is 0.00854. The number of carboxylic acid groups (broad SMARTS) is 3. The summed E-state index contributed by atoms with van der Waals surface area (Å²) in [5, 5.41) is 42.3. The average molecular weight is 1340 g/mol. The molecule has 0 saturated carbocycles. The number of methoxy groups -OCH3 is 1. The van der Waals surface area contributed by atoms with Gasteiger partial charge in [0.2, 0.25) is 11.8 Å². The zero-order valence-corrected chi connectivity index (χ0v) is 53.3. The van der Waals surface area contributed by atoms with E-state index in [2.05, 4.69) is 20.9 Å². The molecule has 7 rings (SSSR count). The number of benzene rings is 2. The minimum Gasteiger partial charge on any atom is -0.496 e. The molecule has 2 aromatic heterocycles. The third-order valence-corrected chi connectivity index (χ3v) is 16.0. The summed E-state index contributed by atoms with van der Waals surface area (Å²) in [7, 11) is -3.19. The molecule has 3 aliphatic rings. The fraction of sp³-hybridized carbons (Fsp3) is 0.552. The normalized spacial score (nSPS) is 16.5. The number of amides is 3. The lowest BCUT2D eigenvalue weighted by molar-refractivity contribution is -0.140. The van der Waals surface area contributed by atoms with Crippen LogP contribution in [0.15, 0.2) is 48.8 Å². The van der Waals surface area contributed by atoms with E-state index in [0.717, 1.165) is 11.3 Å². The van der Waals surface area contributed by atoms with Gasteiger partial charge in [0.05, 0.1) is 122 Å². The van der Waals surface area contributed by atoms with E-state index in [4.69, 9.17) is 61.5 Å². The molecule has 0 bridgehead atoms. The first kappa shape index (κ1) is 71.6. The highest BCUT2D eigenvalue weighted by Crippen LogP contribution is 2.47. The van der Waals surface area contributed by atoms with Crippen LogP contribution in [0.2, 0.25) is 10.0 Å². The van der Waals surface area contributed by atoms with E-state index in [1.807, 2.05) is 26.0 Å². The van der Waals surface area contributed by atoms with E-state index in [0.29, 0.717) is 95.7 Å². The number of carbonyl (C=O) groups is 6. The van der Waals surface area contributed by atoms with Crippen LogP contribution < -0.4 is 25.4 Å². The van der Waals surface area contributed by atoms with Crippen LogP contribution in [0.4, 0.5) is 5.69 Å². The molecule has 91 heavy (non-hydrogen) atoms. The van der Waals surface area contributed by atoms with E-state index in [1.54, 1.807) is 73.0 Å². The van der Waals surface area contributed by atoms with Crippen LogP contribution in [-0.4, -0.2) is 292 Å². The number of aromatic nitrogens is 3. The van der Waals surface area contributed by atoms with Crippen molar-refractivity contribution < 1.29 is 90.2 Å². The van der Waals surface area contributed by atoms with E-state index in [1.165, 1.54) is 0 Å². The molecule has 0 spiro atoms. The smallest absolute Gasteiger partial charge is 0.317 e. The topological polar surface area (TPSA) is 365 Å². The predicted molar refractivity (Wildman–Crippen MR) is 331 cm³/mol. The molecule has 2 fully saturated rings. The summed E-state index contributed by atoms with van der Waals surface area (Å²) >= 11 is 13.0. The Labute approximate surface area is 536 Å². The third-order valence-electron chi connectivity index (χ3n) is 14.8. The lowest BCUT2D eigenvalue weighted by Gasteiger charge is -2.41. The quantitative estimate of drug-likeness (QED) is 0.0269. The molecule has 0 unspecified atom stereocenters. The van der Waals surface area contributed by atoms with Crippen molar-refractivity contribution in [3.05, 3.63) is 70.1 Å². The zero-order chi connectivity index (χ0) is 65.7. The molecule has 5 heterocycles. The van der Waals surface area contributed by atoms with Gasteiger partial charge in [-0.15, -0.1) is 0 Å². The molecule has 0 radical (unpaired) electrons. The van der Waals surface area contributed by atoms with Gasteiger partial charge in [0, 0.05) is 123 Å². The monoisotopic (exact) mass is 1340 g/mol. The summed E-state index contributed by atoms with van der Waals surface area (Å²) in [4.78, 5) is 88.2. The van der Waals surface area contributed by atoms with Crippen LogP contribution in [0.25, 0.3) is 28.1 Å². The Kier molecular flexibility index (Phi) is 27.3. The van der Waals surface area contributed by atoms with Gasteiger partial charge in [-0.05, 0) is 44.2 Å². The highest BCUT2D eigenvalue weighted by molar-refractivity contribution is 7.85. The number of nitrogens with one attached hydrogen (secondary N) is 3. The average Bonchev–Trinajstić information content (AvgIpc) is 1.63. The standard InChI is InChI=1S/C58H79Cl2N11O19S/c1-58(2)38-89-17-14-70(58)57(80)54-46-36-90-49-29-48(84-3)44(28-45(49)55(46)71(65-54)43-26-40(59)25-41(60)27-43)39-24-42(31-61-30-39)62-4-15-85-18-20-87-22-23-88-21-19-86-16-5-63-56(79)47(37-91(81,82)83)64-50(72)32-66-6-8-67(33-51(73)74)10-12-69(35-53(77)78)13-11-68(9-7-66)34-52(75)76/h24-31,47,62H,4-23,32-38H2,1-3H3,(H,63,79)(H,64,72)(H,73,74)(H,75,76)(H,77,78)(H,81,82,83)/t47-/m1/s1. The van der Waals surface area contributed by atoms with Gasteiger partial charge in [-0.3, -0.25) is 57.9 Å². The molecule has 33 heteroatoms. The molecule has 4 aromatic rings. The van der Waals surface area contributed by atoms with Gasteiger partial charge in [-0.1, -0.05) is 23.2 Å². The van der Waals surface area contributed by atoms with Crippen LogP contribution in [0.3, 0.4) is 0 Å². The van der Waals surface area contributed by atoms with Gasteiger partial charge in [0.25, 0.3) is 16.0 Å². The first-order valence-corrected chi connectivity index (χ1v) is 31.7. The Hall–Kier alpha value is -6.85. The molecule has 2 aromatic carbocycles. The number of carbonyl (C=O) groups excluding carboxylic acids is 3. The second kappa shape index (κ2) is 34.7. The summed E-state index contributed by atoms with van der Waals surface area (Å²) in [6, 6.07) is 9.07. The molecular weight excluding hydrogens is 1260 g/mol. The number of hydrogen-bond donors (Lipinski definition) is 7.